The van der Waals surface area contributed by atoms with Gasteiger partial charge >= 0.3 is 10.1 Å². The van der Waals surface area contributed by atoms with Gasteiger partial charge in [0.25, 0.3) is 5.91 Å². The van der Waals surface area contributed by atoms with Gasteiger partial charge in [-0.2, -0.15) is 13.7 Å². The highest BCUT2D eigenvalue weighted by molar-refractivity contribution is 7.87. The average Bonchev–Trinajstić information content (AvgIpc) is 2.75. The summed E-state index contributed by atoms with van der Waals surface area (Å²) >= 11 is 11.9. The Kier molecular flexibility index (Phi) is 7.44. The zero-order valence-corrected chi connectivity index (χ0v) is 19.9. The number of amides is 1. The van der Waals surface area contributed by atoms with E-state index in [1.54, 1.807) is 6.07 Å². The fraction of sp³-hybridized carbons (Fsp3) is 0.0833. The number of anilines is 1. The molecule has 3 aromatic carbocycles. The summed E-state index contributed by atoms with van der Waals surface area (Å²) in [6.07, 6.45) is 1.22. The molecule has 6 nitrogen and oxygen atoms in total. The van der Waals surface area contributed by atoms with E-state index in [9.17, 15) is 18.5 Å². The van der Waals surface area contributed by atoms with E-state index in [1.807, 2.05) is 32.0 Å². The van der Waals surface area contributed by atoms with Gasteiger partial charge in [-0.15, -0.1) is 0 Å². The molecule has 0 aromatic heterocycles. The van der Waals surface area contributed by atoms with Crippen LogP contribution >= 0.6 is 23.2 Å². The molecule has 0 saturated heterocycles. The Morgan fingerprint density at radius 3 is 2.30 bits per heavy atom. The number of halogens is 2. The van der Waals surface area contributed by atoms with Crippen LogP contribution in [-0.2, 0) is 14.9 Å². The van der Waals surface area contributed by atoms with Gasteiger partial charge in [0.15, 0.2) is 0 Å². The van der Waals surface area contributed by atoms with Crippen LogP contribution in [0.3, 0.4) is 0 Å². The van der Waals surface area contributed by atoms with Gasteiger partial charge in [0.2, 0.25) is 0 Å². The summed E-state index contributed by atoms with van der Waals surface area (Å²) < 4.78 is 30.6. The lowest BCUT2D eigenvalue weighted by Gasteiger charge is -2.11. The second-order valence-corrected chi connectivity index (χ2v) is 9.54. The molecule has 0 unspecified atom stereocenters. The van der Waals surface area contributed by atoms with Crippen LogP contribution in [0.2, 0.25) is 10.0 Å². The molecule has 0 aliphatic carbocycles. The normalized spacial score (nSPS) is 11.5. The minimum atomic E-state index is -4.20. The summed E-state index contributed by atoms with van der Waals surface area (Å²) in [7, 11) is -4.20. The minimum absolute atomic E-state index is 0.0959. The van der Waals surface area contributed by atoms with E-state index in [1.165, 1.54) is 48.5 Å². The summed E-state index contributed by atoms with van der Waals surface area (Å²) in [6, 6.07) is 17.0. The molecule has 0 fully saturated rings. The topological polar surface area (TPSA) is 96.3 Å². The van der Waals surface area contributed by atoms with E-state index in [4.69, 9.17) is 27.4 Å². The summed E-state index contributed by atoms with van der Waals surface area (Å²) in [6.45, 7) is 3.76. The quantitative estimate of drug-likeness (QED) is 0.257. The molecular formula is C24H18Cl2N2O4S. The Hall–Kier alpha value is -3.31. The van der Waals surface area contributed by atoms with Crippen LogP contribution in [0, 0.1) is 25.2 Å². The third-order valence-corrected chi connectivity index (χ3v) is 6.30. The molecule has 0 saturated carbocycles. The van der Waals surface area contributed by atoms with E-state index in [0.717, 1.165) is 11.1 Å². The van der Waals surface area contributed by atoms with E-state index in [-0.39, 0.29) is 26.8 Å². The molecular weight excluding hydrogens is 483 g/mol. The number of nitrogens with zero attached hydrogens (tertiary/aromatic N) is 1. The van der Waals surface area contributed by atoms with Crippen molar-refractivity contribution in [2.75, 3.05) is 5.32 Å². The summed E-state index contributed by atoms with van der Waals surface area (Å²) in [4.78, 5) is 12.6. The highest BCUT2D eigenvalue weighted by Gasteiger charge is 2.19. The van der Waals surface area contributed by atoms with Gasteiger partial charge in [0.1, 0.15) is 22.3 Å². The largest absolute Gasteiger partial charge is 0.378 e. The molecule has 0 atom stereocenters. The third kappa shape index (κ3) is 6.14. The number of hydrogen-bond donors (Lipinski definition) is 1. The van der Waals surface area contributed by atoms with Crippen molar-refractivity contribution in [3.8, 4) is 11.8 Å². The van der Waals surface area contributed by atoms with Gasteiger partial charge in [-0.3, -0.25) is 4.79 Å². The molecule has 3 aromatic rings. The molecule has 3 rings (SSSR count). The molecule has 0 heterocycles. The number of rotatable bonds is 6. The van der Waals surface area contributed by atoms with Crippen molar-refractivity contribution < 1.29 is 17.4 Å². The van der Waals surface area contributed by atoms with Gasteiger partial charge in [-0.25, -0.2) is 0 Å². The maximum atomic E-state index is 12.7. The fourth-order valence-corrected chi connectivity index (χ4v) is 4.18. The third-order valence-electron chi connectivity index (χ3n) is 4.57. The maximum absolute atomic E-state index is 12.7. The lowest BCUT2D eigenvalue weighted by Crippen LogP contribution is -2.14. The van der Waals surface area contributed by atoms with Crippen LogP contribution in [0.4, 0.5) is 5.69 Å². The van der Waals surface area contributed by atoms with Crippen molar-refractivity contribution >= 4 is 51.0 Å². The fourth-order valence-electron chi connectivity index (χ4n) is 2.92. The molecule has 9 heteroatoms. The predicted molar refractivity (Wildman–Crippen MR) is 129 cm³/mol. The predicted octanol–water partition coefficient (Wildman–Crippen LogP) is 5.92. The first-order chi connectivity index (χ1) is 15.6. The van der Waals surface area contributed by atoms with Gasteiger partial charge in [0.05, 0.1) is 0 Å². The Labute approximate surface area is 202 Å². The van der Waals surface area contributed by atoms with Crippen molar-refractivity contribution in [3.05, 3.63) is 93.0 Å². The monoisotopic (exact) mass is 500 g/mol. The minimum Gasteiger partial charge on any atom is -0.378 e. The molecule has 33 heavy (non-hydrogen) atoms. The molecule has 0 aliphatic rings. The lowest BCUT2D eigenvalue weighted by atomic mass is 10.1. The molecule has 0 aliphatic heterocycles. The first-order valence-electron chi connectivity index (χ1n) is 9.59. The summed E-state index contributed by atoms with van der Waals surface area (Å²) in [5.41, 5.74) is 2.31. The van der Waals surface area contributed by atoms with Crippen molar-refractivity contribution in [1.82, 2.24) is 0 Å². The lowest BCUT2D eigenvalue weighted by molar-refractivity contribution is -0.112. The number of carbonyl (C=O) groups excluding carboxylic acids is 1. The van der Waals surface area contributed by atoms with Crippen LogP contribution in [0.1, 0.15) is 16.7 Å². The van der Waals surface area contributed by atoms with Crippen LogP contribution < -0.4 is 9.50 Å². The average molecular weight is 501 g/mol. The highest BCUT2D eigenvalue weighted by Crippen LogP contribution is 2.29. The van der Waals surface area contributed by atoms with E-state index in [2.05, 4.69) is 5.32 Å². The van der Waals surface area contributed by atoms with Crippen molar-refractivity contribution in [2.24, 2.45) is 0 Å². The molecule has 0 bridgehead atoms. The van der Waals surface area contributed by atoms with Gasteiger partial charge in [0, 0.05) is 21.3 Å². The van der Waals surface area contributed by atoms with Crippen LogP contribution in [0.5, 0.6) is 5.75 Å². The zero-order valence-electron chi connectivity index (χ0n) is 17.6. The van der Waals surface area contributed by atoms with Crippen LogP contribution in [-0.4, -0.2) is 14.3 Å². The second kappa shape index (κ2) is 10.1. The Morgan fingerprint density at radius 1 is 1.00 bits per heavy atom. The second-order valence-electron chi connectivity index (χ2n) is 7.12. The summed E-state index contributed by atoms with van der Waals surface area (Å²) in [5.74, 6) is -0.752. The maximum Gasteiger partial charge on any atom is 0.339 e. The molecule has 1 N–H and O–H groups in total. The Balaban J connectivity index is 1.94. The van der Waals surface area contributed by atoms with Crippen molar-refractivity contribution in [1.29, 1.82) is 5.26 Å². The Bertz CT molecular complexity index is 1390. The molecule has 0 radical (unpaired) electrons. The summed E-state index contributed by atoms with van der Waals surface area (Å²) in [5, 5.41) is 12.9. The highest BCUT2D eigenvalue weighted by atomic mass is 35.5. The van der Waals surface area contributed by atoms with Crippen molar-refractivity contribution in [2.45, 2.75) is 18.7 Å². The van der Waals surface area contributed by atoms with Gasteiger partial charge in [-0.1, -0.05) is 40.9 Å². The standard InChI is InChI=1S/C24H18Cl2N2O4S/c1-15-3-9-22(16(2)11-15)28-24(29)18(14-27)12-17-13-20(26)6-10-23(17)32-33(30,31)21-7-4-19(25)5-8-21/h3-13H,1-2H3,(H,28,29)/b18-12+. The van der Waals surface area contributed by atoms with Crippen LogP contribution in [0.15, 0.2) is 71.1 Å². The number of carbonyl (C=O) groups is 1. The molecule has 168 valence electrons. The first kappa shape index (κ1) is 24.3. The van der Waals surface area contributed by atoms with Crippen molar-refractivity contribution in [3.63, 3.8) is 0 Å². The smallest absolute Gasteiger partial charge is 0.339 e. The van der Waals surface area contributed by atoms with Gasteiger partial charge < -0.3 is 9.50 Å². The SMILES string of the molecule is Cc1ccc(NC(=O)/C(C#N)=C/c2cc(Cl)ccc2OS(=O)(=O)c2ccc(Cl)cc2)c(C)c1. The van der Waals surface area contributed by atoms with E-state index in [0.29, 0.717) is 10.7 Å². The molecule has 0 spiro atoms. The first-order valence-corrected chi connectivity index (χ1v) is 11.8. The number of nitriles is 1. The number of benzene rings is 3. The molecule has 1 amide bonds. The Morgan fingerprint density at radius 2 is 1.67 bits per heavy atom. The van der Waals surface area contributed by atoms with E-state index >= 15 is 0 Å². The van der Waals surface area contributed by atoms with E-state index < -0.39 is 16.0 Å². The number of aryl methyl sites for hydroxylation is 2. The zero-order chi connectivity index (χ0) is 24.2. The number of hydrogen-bond acceptors (Lipinski definition) is 5. The number of nitrogens with one attached hydrogen (secondary N) is 1. The van der Waals surface area contributed by atoms with Crippen LogP contribution in [0.25, 0.3) is 6.08 Å². The van der Waals surface area contributed by atoms with Gasteiger partial charge in [-0.05, 0) is 74.0 Å².